The SMILES string of the molecule is COC1(C(=O)Cc2cccc(C)c2)CCC(C)(C)CC1. The summed E-state index contributed by atoms with van der Waals surface area (Å²) in [6, 6.07) is 8.19. The Labute approximate surface area is 122 Å². The van der Waals surface area contributed by atoms with Crippen LogP contribution in [0.25, 0.3) is 0 Å². The van der Waals surface area contributed by atoms with Crippen molar-refractivity contribution in [3.63, 3.8) is 0 Å². The van der Waals surface area contributed by atoms with E-state index < -0.39 is 5.60 Å². The van der Waals surface area contributed by atoms with Gasteiger partial charge in [0.25, 0.3) is 0 Å². The largest absolute Gasteiger partial charge is 0.370 e. The molecule has 0 atom stereocenters. The number of Topliss-reactive ketones (excluding diaryl/α,β-unsaturated/α-hetero) is 1. The standard InChI is InChI=1S/C18H26O2/c1-14-6-5-7-15(12-14)13-16(19)18(20-4)10-8-17(2,3)9-11-18/h5-7,12H,8-11,13H2,1-4H3. The molecule has 1 aromatic rings. The van der Waals surface area contributed by atoms with Crippen molar-refractivity contribution in [1.29, 1.82) is 0 Å². The van der Waals surface area contributed by atoms with E-state index in [0.717, 1.165) is 31.2 Å². The van der Waals surface area contributed by atoms with Gasteiger partial charge in [-0.2, -0.15) is 0 Å². The Bertz CT molecular complexity index is 478. The molecular formula is C18H26O2. The van der Waals surface area contributed by atoms with E-state index in [2.05, 4.69) is 32.9 Å². The van der Waals surface area contributed by atoms with E-state index in [0.29, 0.717) is 11.8 Å². The molecule has 0 aliphatic heterocycles. The summed E-state index contributed by atoms with van der Waals surface area (Å²) in [5, 5.41) is 0. The van der Waals surface area contributed by atoms with Crippen LogP contribution in [0, 0.1) is 12.3 Å². The molecule has 0 unspecified atom stereocenters. The van der Waals surface area contributed by atoms with Gasteiger partial charge in [-0.3, -0.25) is 4.79 Å². The summed E-state index contributed by atoms with van der Waals surface area (Å²) in [7, 11) is 1.69. The highest BCUT2D eigenvalue weighted by atomic mass is 16.5. The zero-order valence-corrected chi connectivity index (χ0v) is 13.2. The fourth-order valence-corrected chi connectivity index (χ4v) is 3.10. The number of hydrogen-bond donors (Lipinski definition) is 0. The van der Waals surface area contributed by atoms with Crippen molar-refractivity contribution in [3.05, 3.63) is 35.4 Å². The first-order chi connectivity index (χ1) is 9.37. The van der Waals surface area contributed by atoms with Gasteiger partial charge in [-0.25, -0.2) is 0 Å². The molecule has 0 spiro atoms. The van der Waals surface area contributed by atoms with Crippen LogP contribution in [0.5, 0.6) is 0 Å². The molecule has 0 N–H and O–H groups in total. The van der Waals surface area contributed by atoms with Crippen molar-refractivity contribution in [2.45, 2.75) is 58.5 Å². The summed E-state index contributed by atoms with van der Waals surface area (Å²) < 4.78 is 5.69. The lowest BCUT2D eigenvalue weighted by molar-refractivity contribution is -0.147. The number of methoxy groups -OCH3 is 1. The predicted octanol–water partition coefficient (Wildman–Crippen LogP) is 4.09. The Balaban J connectivity index is 2.10. The van der Waals surface area contributed by atoms with Gasteiger partial charge in [-0.1, -0.05) is 43.7 Å². The maximum Gasteiger partial charge on any atom is 0.168 e. The van der Waals surface area contributed by atoms with Crippen LogP contribution in [-0.4, -0.2) is 18.5 Å². The van der Waals surface area contributed by atoms with E-state index in [-0.39, 0.29) is 5.78 Å². The van der Waals surface area contributed by atoms with Gasteiger partial charge >= 0.3 is 0 Å². The van der Waals surface area contributed by atoms with E-state index in [4.69, 9.17) is 4.74 Å². The highest BCUT2D eigenvalue weighted by molar-refractivity contribution is 5.89. The highest BCUT2D eigenvalue weighted by Gasteiger charge is 2.43. The van der Waals surface area contributed by atoms with Gasteiger partial charge in [0.05, 0.1) is 0 Å². The van der Waals surface area contributed by atoms with Crippen molar-refractivity contribution in [2.75, 3.05) is 7.11 Å². The molecule has 110 valence electrons. The summed E-state index contributed by atoms with van der Waals surface area (Å²) in [6.07, 6.45) is 4.29. The number of benzene rings is 1. The van der Waals surface area contributed by atoms with E-state index in [1.165, 1.54) is 5.56 Å². The predicted molar refractivity (Wildman–Crippen MR) is 81.9 cm³/mol. The number of carbonyl (C=O) groups excluding carboxylic acids is 1. The summed E-state index contributed by atoms with van der Waals surface area (Å²) in [6.45, 7) is 6.61. The zero-order valence-electron chi connectivity index (χ0n) is 13.2. The van der Waals surface area contributed by atoms with Crippen molar-refractivity contribution in [2.24, 2.45) is 5.41 Å². The van der Waals surface area contributed by atoms with Crippen molar-refractivity contribution in [3.8, 4) is 0 Å². The third-order valence-corrected chi connectivity index (χ3v) is 4.76. The molecule has 2 rings (SSSR count). The van der Waals surface area contributed by atoms with Crippen LogP contribution in [-0.2, 0) is 16.0 Å². The molecule has 0 saturated heterocycles. The number of rotatable bonds is 4. The van der Waals surface area contributed by atoms with Crippen LogP contribution in [0.15, 0.2) is 24.3 Å². The zero-order chi connectivity index (χ0) is 14.8. The lowest BCUT2D eigenvalue weighted by Crippen LogP contribution is -2.46. The van der Waals surface area contributed by atoms with Gasteiger partial charge in [0.2, 0.25) is 0 Å². The number of hydrogen-bond acceptors (Lipinski definition) is 2. The van der Waals surface area contributed by atoms with Gasteiger partial charge in [0, 0.05) is 13.5 Å². The van der Waals surface area contributed by atoms with Gasteiger partial charge in [0.1, 0.15) is 5.60 Å². The molecule has 1 aromatic carbocycles. The lowest BCUT2D eigenvalue weighted by atomic mass is 9.69. The van der Waals surface area contributed by atoms with Crippen LogP contribution in [0.2, 0.25) is 0 Å². The van der Waals surface area contributed by atoms with Crippen molar-refractivity contribution < 1.29 is 9.53 Å². The first-order valence-electron chi connectivity index (χ1n) is 7.51. The Morgan fingerprint density at radius 2 is 1.85 bits per heavy atom. The molecule has 1 aliphatic rings. The monoisotopic (exact) mass is 274 g/mol. The molecule has 0 aromatic heterocycles. The first kappa shape index (κ1) is 15.2. The second-order valence-corrected chi connectivity index (χ2v) is 6.95. The van der Waals surface area contributed by atoms with E-state index in [1.807, 2.05) is 12.1 Å². The van der Waals surface area contributed by atoms with E-state index >= 15 is 0 Å². The van der Waals surface area contributed by atoms with Crippen LogP contribution in [0.1, 0.15) is 50.7 Å². The minimum Gasteiger partial charge on any atom is -0.370 e. The smallest absolute Gasteiger partial charge is 0.168 e. The molecule has 2 heteroatoms. The van der Waals surface area contributed by atoms with Crippen LogP contribution >= 0.6 is 0 Å². The molecular weight excluding hydrogens is 248 g/mol. The molecule has 2 nitrogen and oxygen atoms in total. The van der Waals surface area contributed by atoms with Crippen LogP contribution in [0.3, 0.4) is 0 Å². The van der Waals surface area contributed by atoms with Gasteiger partial charge in [0.15, 0.2) is 5.78 Å². The number of carbonyl (C=O) groups is 1. The maximum atomic E-state index is 12.7. The second-order valence-electron chi connectivity index (χ2n) is 6.95. The average molecular weight is 274 g/mol. The van der Waals surface area contributed by atoms with Gasteiger partial charge in [-0.05, 0) is 43.6 Å². The van der Waals surface area contributed by atoms with Crippen LogP contribution < -0.4 is 0 Å². The van der Waals surface area contributed by atoms with E-state index in [1.54, 1.807) is 7.11 Å². The number of ether oxygens (including phenoxy) is 1. The topological polar surface area (TPSA) is 26.3 Å². The number of ketones is 1. The average Bonchev–Trinajstić information content (AvgIpc) is 2.39. The second kappa shape index (κ2) is 5.69. The third kappa shape index (κ3) is 3.29. The molecule has 0 radical (unpaired) electrons. The summed E-state index contributed by atoms with van der Waals surface area (Å²) >= 11 is 0. The van der Waals surface area contributed by atoms with Crippen molar-refractivity contribution in [1.82, 2.24) is 0 Å². The Hall–Kier alpha value is -1.15. The third-order valence-electron chi connectivity index (χ3n) is 4.76. The lowest BCUT2D eigenvalue weighted by Gasteiger charge is -2.41. The van der Waals surface area contributed by atoms with Crippen molar-refractivity contribution >= 4 is 5.78 Å². The molecule has 0 amide bonds. The minimum absolute atomic E-state index is 0.237. The molecule has 20 heavy (non-hydrogen) atoms. The maximum absolute atomic E-state index is 12.7. The Kier molecular flexibility index (Phi) is 4.33. The molecule has 1 saturated carbocycles. The quantitative estimate of drug-likeness (QED) is 0.826. The summed E-state index contributed by atoms with van der Waals surface area (Å²) in [5.74, 6) is 0.237. The number of aryl methyl sites for hydroxylation is 1. The fraction of sp³-hybridized carbons (Fsp3) is 0.611. The van der Waals surface area contributed by atoms with Gasteiger partial charge < -0.3 is 4.74 Å². The minimum atomic E-state index is -0.556. The highest BCUT2D eigenvalue weighted by Crippen LogP contribution is 2.42. The van der Waals surface area contributed by atoms with E-state index in [9.17, 15) is 4.79 Å². The first-order valence-corrected chi connectivity index (χ1v) is 7.51. The van der Waals surface area contributed by atoms with Crippen LogP contribution in [0.4, 0.5) is 0 Å². The Morgan fingerprint density at radius 3 is 2.40 bits per heavy atom. The summed E-state index contributed by atoms with van der Waals surface area (Å²) in [5.41, 5.74) is 2.08. The molecule has 0 heterocycles. The van der Waals surface area contributed by atoms with Gasteiger partial charge in [-0.15, -0.1) is 0 Å². The fourth-order valence-electron chi connectivity index (χ4n) is 3.10. The normalized spacial score (nSPS) is 20.6. The summed E-state index contributed by atoms with van der Waals surface area (Å²) in [4.78, 5) is 12.7. The molecule has 0 bridgehead atoms. The molecule has 1 fully saturated rings. The Morgan fingerprint density at radius 1 is 1.20 bits per heavy atom. The molecule has 1 aliphatic carbocycles.